The molecule has 0 aromatic heterocycles. The number of esters is 1. The smallest absolute Gasteiger partial charge is 0.329 e. The third-order valence-corrected chi connectivity index (χ3v) is 4.99. The van der Waals surface area contributed by atoms with E-state index in [0.29, 0.717) is 12.8 Å². The highest BCUT2D eigenvalue weighted by atomic mass is 16.6. The van der Waals surface area contributed by atoms with Crippen LogP contribution in [0.3, 0.4) is 0 Å². The number of carbonyl (C=O) groups excluding carboxylic acids is 3. The molecule has 0 aliphatic heterocycles. The SMILES string of the molecule is C=CC[C@H](NC(=O)C1(NC(=O)C#Cc2ccccc2)CCCCC1)C(=O)OC(C)(C)C. The first-order valence-corrected chi connectivity index (χ1v) is 10.7. The van der Waals surface area contributed by atoms with Crippen molar-refractivity contribution in [3.05, 3.63) is 48.6 Å². The molecule has 0 saturated heterocycles. The van der Waals surface area contributed by atoms with Crippen LogP contribution in [0.25, 0.3) is 0 Å². The largest absolute Gasteiger partial charge is 0.458 e. The summed E-state index contributed by atoms with van der Waals surface area (Å²) in [7, 11) is 0. The zero-order valence-electron chi connectivity index (χ0n) is 18.6. The first-order chi connectivity index (χ1) is 14.6. The molecule has 6 nitrogen and oxygen atoms in total. The minimum atomic E-state index is -1.10. The molecular formula is C25H32N2O4. The third kappa shape index (κ3) is 7.60. The number of ether oxygens (including phenoxy) is 1. The highest BCUT2D eigenvalue weighted by Gasteiger charge is 2.42. The molecule has 1 saturated carbocycles. The highest BCUT2D eigenvalue weighted by Crippen LogP contribution is 2.29. The van der Waals surface area contributed by atoms with Crippen molar-refractivity contribution in [1.82, 2.24) is 10.6 Å². The fraction of sp³-hybridized carbons (Fsp3) is 0.480. The second-order valence-electron chi connectivity index (χ2n) is 8.80. The summed E-state index contributed by atoms with van der Waals surface area (Å²) in [5.41, 5.74) is -1.05. The molecule has 1 aromatic rings. The van der Waals surface area contributed by atoms with Crippen molar-refractivity contribution in [2.24, 2.45) is 0 Å². The summed E-state index contributed by atoms with van der Waals surface area (Å²) in [6.45, 7) is 8.98. The molecule has 1 aliphatic carbocycles. The van der Waals surface area contributed by atoms with Crippen LogP contribution in [0.15, 0.2) is 43.0 Å². The zero-order valence-corrected chi connectivity index (χ0v) is 18.6. The third-order valence-electron chi connectivity index (χ3n) is 4.99. The zero-order chi connectivity index (χ0) is 22.9. The van der Waals surface area contributed by atoms with E-state index >= 15 is 0 Å². The molecular weight excluding hydrogens is 392 g/mol. The van der Waals surface area contributed by atoms with Gasteiger partial charge >= 0.3 is 5.97 Å². The Bertz CT molecular complexity index is 853. The standard InChI is InChI=1S/C25H32N2O4/c1-5-12-20(22(29)31-24(2,3)4)26-23(30)25(17-10-7-11-18-25)27-21(28)16-15-19-13-8-6-9-14-19/h5-6,8-9,13-14,20H,1,7,10-12,17-18H2,2-4H3,(H,26,30)(H,27,28)/t20-/m0/s1. The van der Waals surface area contributed by atoms with Gasteiger partial charge < -0.3 is 15.4 Å². The van der Waals surface area contributed by atoms with Crippen LogP contribution in [0.5, 0.6) is 0 Å². The van der Waals surface area contributed by atoms with Gasteiger partial charge in [0.1, 0.15) is 17.2 Å². The van der Waals surface area contributed by atoms with Crippen LogP contribution in [0.2, 0.25) is 0 Å². The van der Waals surface area contributed by atoms with Gasteiger partial charge in [-0.3, -0.25) is 9.59 Å². The number of amides is 2. The lowest BCUT2D eigenvalue weighted by Crippen LogP contribution is -2.62. The van der Waals surface area contributed by atoms with Crippen LogP contribution in [-0.4, -0.2) is 35.0 Å². The van der Waals surface area contributed by atoms with Crippen molar-refractivity contribution in [1.29, 1.82) is 0 Å². The lowest BCUT2D eigenvalue weighted by molar-refractivity contribution is -0.159. The van der Waals surface area contributed by atoms with Crippen molar-refractivity contribution < 1.29 is 19.1 Å². The predicted octanol–water partition coefficient (Wildman–Crippen LogP) is 3.26. The normalized spacial score (nSPS) is 16.1. The molecule has 166 valence electrons. The molecule has 2 N–H and O–H groups in total. The van der Waals surface area contributed by atoms with Gasteiger partial charge in [0, 0.05) is 11.5 Å². The lowest BCUT2D eigenvalue weighted by atomic mass is 9.80. The van der Waals surface area contributed by atoms with Crippen molar-refractivity contribution in [3.63, 3.8) is 0 Å². The lowest BCUT2D eigenvalue weighted by Gasteiger charge is -2.37. The average Bonchev–Trinajstić information content (AvgIpc) is 2.72. The molecule has 0 heterocycles. The second kappa shape index (κ2) is 10.8. The Balaban J connectivity index is 2.16. The van der Waals surface area contributed by atoms with Crippen molar-refractivity contribution in [3.8, 4) is 11.8 Å². The number of hydrogen-bond acceptors (Lipinski definition) is 4. The maximum atomic E-state index is 13.3. The molecule has 1 aliphatic rings. The monoisotopic (exact) mass is 424 g/mol. The Morgan fingerprint density at radius 1 is 1.16 bits per heavy atom. The van der Waals surface area contributed by atoms with Crippen LogP contribution in [-0.2, 0) is 19.1 Å². The summed E-state index contributed by atoms with van der Waals surface area (Å²) in [5.74, 6) is 3.95. The Morgan fingerprint density at radius 3 is 2.39 bits per heavy atom. The maximum Gasteiger partial charge on any atom is 0.329 e. The van der Waals surface area contributed by atoms with E-state index in [1.165, 1.54) is 0 Å². The van der Waals surface area contributed by atoms with Crippen LogP contribution < -0.4 is 10.6 Å². The number of rotatable bonds is 6. The summed E-state index contributed by atoms with van der Waals surface area (Å²) >= 11 is 0. The summed E-state index contributed by atoms with van der Waals surface area (Å²) in [6.07, 6.45) is 5.38. The van der Waals surface area contributed by atoms with Gasteiger partial charge in [0.15, 0.2) is 0 Å². The van der Waals surface area contributed by atoms with E-state index in [0.717, 1.165) is 24.8 Å². The van der Waals surface area contributed by atoms with Crippen molar-refractivity contribution >= 4 is 17.8 Å². The van der Waals surface area contributed by atoms with Crippen molar-refractivity contribution in [2.75, 3.05) is 0 Å². The number of benzene rings is 1. The van der Waals surface area contributed by atoms with E-state index in [1.54, 1.807) is 26.8 Å². The molecule has 2 rings (SSSR count). The van der Waals surface area contributed by atoms with Gasteiger partial charge in [0.05, 0.1) is 0 Å². The number of nitrogens with one attached hydrogen (secondary N) is 2. The first kappa shape index (κ1) is 24.2. The van der Waals surface area contributed by atoms with Crippen LogP contribution in [0.4, 0.5) is 0 Å². The van der Waals surface area contributed by atoms with E-state index in [9.17, 15) is 14.4 Å². The Labute approximate surface area is 184 Å². The first-order valence-electron chi connectivity index (χ1n) is 10.7. The maximum absolute atomic E-state index is 13.3. The Hall–Kier alpha value is -3.07. The molecule has 2 amide bonds. The molecule has 1 atom stereocenters. The van der Waals surface area contributed by atoms with E-state index in [-0.39, 0.29) is 12.3 Å². The van der Waals surface area contributed by atoms with Gasteiger partial charge in [0.2, 0.25) is 5.91 Å². The highest BCUT2D eigenvalue weighted by molar-refractivity contribution is 6.00. The van der Waals surface area contributed by atoms with Gasteiger partial charge in [0.25, 0.3) is 5.91 Å². The summed E-state index contributed by atoms with van der Waals surface area (Å²) < 4.78 is 5.43. The summed E-state index contributed by atoms with van der Waals surface area (Å²) in [5, 5.41) is 5.62. The molecule has 6 heteroatoms. The molecule has 0 bridgehead atoms. The van der Waals surface area contributed by atoms with Gasteiger partial charge in [-0.05, 0) is 52.2 Å². The van der Waals surface area contributed by atoms with E-state index in [2.05, 4.69) is 29.1 Å². The molecule has 1 fully saturated rings. The molecule has 0 radical (unpaired) electrons. The fourth-order valence-electron chi connectivity index (χ4n) is 3.51. The number of carbonyl (C=O) groups is 3. The molecule has 0 spiro atoms. The van der Waals surface area contributed by atoms with E-state index in [4.69, 9.17) is 4.74 Å². The van der Waals surface area contributed by atoms with Gasteiger partial charge in [-0.15, -0.1) is 6.58 Å². The average molecular weight is 425 g/mol. The Morgan fingerprint density at radius 2 is 1.81 bits per heavy atom. The molecule has 0 unspecified atom stereocenters. The predicted molar refractivity (Wildman–Crippen MR) is 120 cm³/mol. The molecule has 1 aromatic carbocycles. The van der Waals surface area contributed by atoms with E-state index in [1.807, 2.05) is 30.3 Å². The Kier molecular flexibility index (Phi) is 8.44. The van der Waals surface area contributed by atoms with Gasteiger partial charge in [-0.25, -0.2) is 4.79 Å². The van der Waals surface area contributed by atoms with E-state index < -0.39 is 29.1 Å². The van der Waals surface area contributed by atoms with Crippen LogP contribution >= 0.6 is 0 Å². The number of hydrogen-bond donors (Lipinski definition) is 2. The van der Waals surface area contributed by atoms with Crippen molar-refractivity contribution in [2.45, 2.75) is 76.5 Å². The minimum absolute atomic E-state index is 0.235. The van der Waals surface area contributed by atoms with Gasteiger partial charge in [-0.1, -0.05) is 49.5 Å². The van der Waals surface area contributed by atoms with Crippen LogP contribution in [0, 0.1) is 11.8 Å². The van der Waals surface area contributed by atoms with Crippen LogP contribution in [0.1, 0.15) is 64.9 Å². The summed E-state index contributed by atoms with van der Waals surface area (Å²) in [4.78, 5) is 38.4. The second-order valence-corrected chi connectivity index (χ2v) is 8.80. The quantitative estimate of drug-likeness (QED) is 0.417. The topological polar surface area (TPSA) is 84.5 Å². The summed E-state index contributed by atoms with van der Waals surface area (Å²) in [6, 6.07) is 8.31. The van der Waals surface area contributed by atoms with Gasteiger partial charge in [-0.2, -0.15) is 0 Å². The molecule has 31 heavy (non-hydrogen) atoms. The minimum Gasteiger partial charge on any atom is -0.458 e. The fourth-order valence-corrected chi connectivity index (χ4v) is 3.51.